The van der Waals surface area contributed by atoms with Gasteiger partial charge in [0.15, 0.2) is 0 Å². The maximum Gasteiger partial charge on any atom is 0.316 e. The van der Waals surface area contributed by atoms with E-state index in [1.165, 1.54) is 0 Å². The number of fused-ring (bicyclic) bond motifs is 2. The average molecular weight is 384 g/mol. The van der Waals surface area contributed by atoms with E-state index >= 15 is 0 Å². The highest BCUT2D eigenvalue weighted by Gasteiger charge is 2.84. The van der Waals surface area contributed by atoms with Crippen LogP contribution >= 0.6 is 0 Å². The van der Waals surface area contributed by atoms with Crippen LogP contribution in [0, 0.1) is 57.2 Å². The van der Waals surface area contributed by atoms with E-state index in [0.717, 1.165) is 24.8 Å². The number of hydrogen-bond donors (Lipinski definition) is 1. The third-order valence-corrected chi connectivity index (χ3v) is 8.85. The number of carboxylic acid groups (broad SMARTS) is 1. The van der Waals surface area contributed by atoms with Gasteiger partial charge in [-0.15, -0.1) is 0 Å². The van der Waals surface area contributed by atoms with Crippen molar-refractivity contribution >= 4 is 5.97 Å². The summed E-state index contributed by atoms with van der Waals surface area (Å²) in [6.07, 6.45) is 9.82. The molecular weight excluding hydrogens is 350 g/mol. The first-order valence-electron chi connectivity index (χ1n) is 10.9. The molecule has 0 spiro atoms. The average Bonchev–Trinajstić information content (AvgIpc) is 3.22. The van der Waals surface area contributed by atoms with Gasteiger partial charge < -0.3 is 9.84 Å². The van der Waals surface area contributed by atoms with Crippen molar-refractivity contribution in [2.24, 2.45) is 45.8 Å². The lowest BCUT2D eigenvalue weighted by atomic mass is 9.43. The fourth-order valence-corrected chi connectivity index (χ4v) is 7.94. The van der Waals surface area contributed by atoms with Gasteiger partial charge in [0.05, 0.1) is 24.7 Å². The number of aliphatic carboxylic acids is 1. The standard InChI is InChI=1S/C24H33NO3/c1-5-6-9-28-14-23-12-18-16(4)7-8-19(18)22(13-25)11-17(23)10-20(15(2)3)24(22,23)21(26)27/h5-6,10,15-19H,7-9,11-12,14H2,1-4H3,(H,26,27)/t16-,17+,18-,19-,22+,23+,24+/m0/s1. The molecule has 4 aliphatic rings. The summed E-state index contributed by atoms with van der Waals surface area (Å²) < 4.78 is 6.10. The van der Waals surface area contributed by atoms with Gasteiger partial charge in [0.1, 0.15) is 5.41 Å². The van der Waals surface area contributed by atoms with Crippen molar-refractivity contribution in [3.05, 3.63) is 23.8 Å². The van der Waals surface area contributed by atoms with Crippen LogP contribution in [-0.4, -0.2) is 24.3 Å². The Hall–Kier alpha value is -1.60. The van der Waals surface area contributed by atoms with Gasteiger partial charge in [-0.1, -0.05) is 51.0 Å². The van der Waals surface area contributed by atoms with E-state index in [9.17, 15) is 15.2 Å². The van der Waals surface area contributed by atoms with Gasteiger partial charge >= 0.3 is 5.97 Å². The summed E-state index contributed by atoms with van der Waals surface area (Å²) in [5, 5.41) is 21.4. The molecule has 4 aliphatic carbocycles. The van der Waals surface area contributed by atoms with Crippen LogP contribution in [0.25, 0.3) is 0 Å². The Bertz CT molecular complexity index is 777. The number of ether oxygens (including phenoxy) is 1. The minimum atomic E-state index is -1.10. The number of carbonyl (C=O) groups is 1. The molecule has 0 saturated heterocycles. The lowest BCUT2D eigenvalue weighted by Crippen LogP contribution is -2.62. The van der Waals surface area contributed by atoms with Crippen LogP contribution in [0.15, 0.2) is 23.8 Å². The molecule has 4 rings (SSSR count). The third-order valence-electron chi connectivity index (χ3n) is 8.85. The van der Waals surface area contributed by atoms with E-state index in [1.54, 1.807) is 0 Å². The number of carboxylic acids is 1. The monoisotopic (exact) mass is 383 g/mol. The van der Waals surface area contributed by atoms with Gasteiger partial charge in [0.25, 0.3) is 0 Å². The molecule has 0 amide bonds. The normalized spacial score (nSPS) is 46.1. The van der Waals surface area contributed by atoms with Gasteiger partial charge in [-0.2, -0.15) is 5.26 Å². The zero-order chi connectivity index (χ0) is 20.3. The van der Waals surface area contributed by atoms with Crippen molar-refractivity contribution in [1.29, 1.82) is 5.26 Å². The molecule has 1 N–H and O–H groups in total. The van der Waals surface area contributed by atoms with Gasteiger partial charge in [0.2, 0.25) is 0 Å². The molecular formula is C24H33NO3. The molecule has 0 radical (unpaired) electrons. The van der Waals surface area contributed by atoms with Crippen molar-refractivity contribution in [3.8, 4) is 6.07 Å². The molecule has 4 heteroatoms. The lowest BCUT2D eigenvalue weighted by Gasteiger charge is -2.57. The predicted molar refractivity (Wildman–Crippen MR) is 107 cm³/mol. The number of nitriles is 1. The molecule has 4 nitrogen and oxygen atoms in total. The molecule has 0 heterocycles. The summed E-state index contributed by atoms with van der Waals surface area (Å²) in [5.41, 5.74) is -1.40. The Labute approximate surface area is 168 Å². The highest BCUT2D eigenvalue weighted by Crippen LogP contribution is 2.83. The van der Waals surface area contributed by atoms with E-state index in [4.69, 9.17) is 4.74 Å². The number of hydrogen-bond acceptors (Lipinski definition) is 3. The van der Waals surface area contributed by atoms with Crippen molar-refractivity contribution in [2.75, 3.05) is 13.2 Å². The van der Waals surface area contributed by atoms with E-state index in [-0.39, 0.29) is 17.8 Å². The molecule has 0 aliphatic heterocycles. The molecule has 0 aromatic rings. The van der Waals surface area contributed by atoms with Crippen LogP contribution in [-0.2, 0) is 9.53 Å². The highest BCUT2D eigenvalue weighted by atomic mass is 16.5. The van der Waals surface area contributed by atoms with Crippen molar-refractivity contribution in [2.45, 2.75) is 53.4 Å². The number of rotatable bonds is 6. The maximum absolute atomic E-state index is 13.2. The second-order valence-electron chi connectivity index (χ2n) is 10.00. The fourth-order valence-electron chi connectivity index (χ4n) is 7.94. The minimum Gasteiger partial charge on any atom is -0.481 e. The largest absolute Gasteiger partial charge is 0.481 e. The SMILES string of the molecule is CC=CCOC[C@]12C[C@H]3[C@@H](C)CC[C@@H]3[C@]3(C#N)C[C@H]1C=C(C(C)C)[C@]23C(=O)O. The van der Waals surface area contributed by atoms with E-state index in [2.05, 4.69) is 32.9 Å². The van der Waals surface area contributed by atoms with Crippen molar-refractivity contribution in [3.63, 3.8) is 0 Å². The Morgan fingerprint density at radius 1 is 1.43 bits per heavy atom. The zero-order valence-corrected chi connectivity index (χ0v) is 17.6. The summed E-state index contributed by atoms with van der Waals surface area (Å²) >= 11 is 0. The first kappa shape index (κ1) is 19.7. The third kappa shape index (κ3) is 2.02. The van der Waals surface area contributed by atoms with Crippen LogP contribution in [0.3, 0.4) is 0 Å². The molecule has 3 fully saturated rings. The Kier molecular flexibility index (Phi) is 4.54. The quantitative estimate of drug-likeness (QED) is 0.527. The van der Waals surface area contributed by atoms with Crippen LogP contribution in [0.1, 0.15) is 53.4 Å². The summed E-state index contributed by atoms with van der Waals surface area (Å²) in [6, 6.07) is 2.67. The van der Waals surface area contributed by atoms with Gasteiger partial charge in [-0.3, -0.25) is 4.79 Å². The highest BCUT2D eigenvalue weighted by molar-refractivity contribution is 5.85. The van der Waals surface area contributed by atoms with Crippen LogP contribution in [0.5, 0.6) is 0 Å². The second kappa shape index (κ2) is 6.46. The topological polar surface area (TPSA) is 70.3 Å². The lowest BCUT2D eigenvalue weighted by molar-refractivity contribution is -0.178. The Balaban J connectivity index is 1.91. The maximum atomic E-state index is 13.2. The Morgan fingerprint density at radius 2 is 2.18 bits per heavy atom. The molecule has 0 aromatic carbocycles. The smallest absolute Gasteiger partial charge is 0.316 e. The molecule has 0 aromatic heterocycles. The first-order valence-corrected chi connectivity index (χ1v) is 10.9. The summed E-state index contributed by atoms with van der Waals surface area (Å²) in [6.45, 7) is 9.36. The van der Waals surface area contributed by atoms with Gasteiger partial charge in [-0.05, 0) is 55.8 Å². The molecule has 4 bridgehead atoms. The fraction of sp³-hybridized carbons (Fsp3) is 0.750. The first-order chi connectivity index (χ1) is 13.3. The van der Waals surface area contributed by atoms with Gasteiger partial charge in [0, 0.05) is 5.41 Å². The molecule has 7 atom stereocenters. The molecule has 0 unspecified atom stereocenters. The molecule has 152 valence electrons. The number of nitrogens with zero attached hydrogens (tertiary/aromatic N) is 1. The van der Waals surface area contributed by atoms with E-state index in [1.807, 2.05) is 19.1 Å². The Morgan fingerprint density at radius 3 is 2.79 bits per heavy atom. The van der Waals surface area contributed by atoms with Crippen LogP contribution < -0.4 is 0 Å². The zero-order valence-electron chi connectivity index (χ0n) is 17.6. The minimum absolute atomic E-state index is 0.124. The molecule has 28 heavy (non-hydrogen) atoms. The van der Waals surface area contributed by atoms with Crippen molar-refractivity contribution < 1.29 is 14.6 Å². The van der Waals surface area contributed by atoms with E-state index < -0.39 is 22.2 Å². The second-order valence-corrected chi connectivity index (χ2v) is 10.00. The summed E-state index contributed by atoms with van der Waals surface area (Å²) in [5.74, 6) is 0.644. The van der Waals surface area contributed by atoms with Crippen LogP contribution in [0.2, 0.25) is 0 Å². The van der Waals surface area contributed by atoms with Crippen molar-refractivity contribution in [1.82, 2.24) is 0 Å². The number of allylic oxidation sites excluding steroid dienone is 2. The van der Waals surface area contributed by atoms with E-state index in [0.29, 0.717) is 31.5 Å². The van der Waals surface area contributed by atoms with Crippen LogP contribution in [0.4, 0.5) is 0 Å². The molecule has 3 saturated carbocycles. The predicted octanol–water partition coefficient (Wildman–Crippen LogP) is 4.83. The van der Waals surface area contributed by atoms with Gasteiger partial charge in [-0.25, -0.2) is 0 Å². The summed E-state index contributed by atoms with van der Waals surface area (Å²) in [4.78, 5) is 13.2. The summed E-state index contributed by atoms with van der Waals surface area (Å²) in [7, 11) is 0.